The second-order valence-electron chi connectivity index (χ2n) is 8.77. The Morgan fingerprint density at radius 1 is 1.17 bits per heavy atom. The normalized spacial score (nSPS) is 20.4. The van der Waals surface area contributed by atoms with E-state index in [1.165, 1.54) is 11.1 Å². The maximum atomic E-state index is 12.5. The largest absolute Gasteiger partial charge is 0.378 e. The number of anilines is 1. The average Bonchev–Trinajstić information content (AvgIpc) is 3.53. The van der Waals surface area contributed by atoms with Gasteiger partial charge in [0.1, 0.15) is 0 Å². The fraction of sp³-hybridized carbons (Fsp3) is 0.435. The Bertz CT molecular complexity index is 1060. The zero-order valence-corrected chi connectivity index (χ0v) is 18.0. The minimum Gasteiger partial charge on any atom is -0.378 e. The van der Waals surface area contributed by atoms with Crippen molar-refractivity contribution in [2.45, 2.75) is 63.2 Å². The van der Waals surface area contributed by atoms with Crippen LogP contribution in [0, 0.1) is 0 Å². The lowest BCUT2D eigenvalue weighted by Gasteiger charge is -2.39. The molecule has 1 aliphatic heterocycles. The van der Waals surface area contributed by atoms with E-state index < -0.39 is 21.2 Å². The number of sulfonamides is 1. The van der Waals surface area contributed by atoms with Crippen molar-refractivity contribution in [3.8, 4) is 0 Å². The summed E-state index contributed by atoms with van der Waals surface area (Å²) in [6.07, 6.45) is 3.13. The third-order valence-electron chi connectivity index (χ3n) is 6.06. The number of benzene rings is 2. The smallest absolute Gasteiger partial charge is 0.264 e. The van der Waals surface area contributed by atoms with E-state index in [2.05, 4.69) is 55.1 Å². The van der Waals surface area contributed by atoms with Gasteiger partial charge >= 0.3 is 0 Å². The van der Waals surface area contributed by atoms with Gasteiger partial charge in [0, 0.05) is 11.3 Å². The van der Waals surface area contributed by atoms with Crippen LogP contribution in [0.15, 0.2) is 42.5 Å². The molecular formula is C23H28N2O3S. The molecule has 6 heteroatoms. The maximum Gasteiger partial charge on any atom is 0.264 e. The van der Waals surface area contributed by atoms with Crippen molar-refractivity contribution in [1.29, 1.82) is 0 Å². The molecule has 2 N–H and O–H groups in total. The number of nitrogens with one attached hydrogen (secondary N) is 2. The minimum absolute atomic E-state index is 0.155. The van der Waals surface area contributed by atoms with Gasteiger partial charge in [0.2, 0.25) is 10.0 Å². The van der Waals surface area contributed by atoms with Gasteiger partial charge in [-0.1, -0.05) is 45.0 Å². The molecule has 0 saturated heterocycles. The van der Waals surface area contributed by atoms with E-state index in [4.69, 9.17) is 0 Å². The molecule has 1 atom stereocenters. The molecular weight excluding hydrogens is 384 g/mol. The number of aryl methyl sites for hydroxylation is 1. The summed E-state index contributed by atoms with van der Waals surface area (Å²) in [5.74, 6) is -0.547. The van der Waals surface area contributed by atoms with Crippen LogP contribution in [-0.4, -0.2) is 19.6 Å². The molecule has 1 heterocycles. The van der Waals surface area contributed by atoms with Crippen LogP contribution < -0.4 is 10.0 Å². The Kier molecular flexibility index (Phi) is 4.93. The lowest BCUT2D eigenvalue weighted by molar-refractivity contribution is 0.0981. The van der Waals surface area contributed by atoms with E-state index in [-0.39, 0.29) is 11.5 Å². The molecule has 2 aromatic carbocycles. The molecule has 2 aromatic rings. The Labute approximate surface area is 173 Å². The minimum atomic E-state index is -3.55. The summed E-state index contributed by atoms with van der Waals surface area (Å²) in [7, 11) is -3.55. The Balaban J connectivity index is 1.63. The molecule has 0 aromatic heterocycles. The van der Waals surface area contributed by atoms with Gasteiger partial charge in [0.15, 0.2) is 0 Å². The highest BCUT2D eigenvalue weighted by Gasteiger charge is 2.38. The summed E-state index contributed by atoms with van der Waals surface area (Å²) in [6.45, 7) is 6.52. The second-order valence-corrected chi connectivity index (χ2v) is 10.7. The number of hydrogen-bond donors (Lipinski definition) is 2. The van der Waals surface area contributed by atoms with E-state index in [1.807, 2.05) is 12.1 Å². The summed E-state index contributed by atoms with van der Waals surface area (Å²) in [6, 6.07) is 14.1. The van der Waals surface area contributed by atoms with Gasteiger partial charge in [0.25, 0.3) is 5.91 Å². The van der Waals surface area contributed by atoms with Gasteiger partial charge in [-0.05, 0) is 66.0 Å². The molecule has 1 aliphatic carbocycles. The highest BCUT2D eigenvalue weighted by atomic mass is 32.2. The number of hydrogen-bond acceptors (Lipinski definition) is 4. The van der Waals surface area contributed by atoms with Crippen LogP contribution in [-0.2, 0) is 21.9 Å². The van der Waals surface area contributed by atoms with E-state index in [9.17, 15) is 13.2 Å². The Morgan fingerprint density at radius 2 is 1.90 bits per heavy atom. The Morgan fingerprint density at radius 3 is 2.59 bits per heavy atom. The monoisotopic (exact) mass is 412 g/mol. The summed E-state index contributed by atoms with van der Waals surface area (Å²) in [5, 5.41) is 3.22. The zero-order valence-electron chi connectivity index (χ0n) is 17.2. The lowest BCUT2D eigenvalue weighted by Crippen LogP contribution is -2.34. The molecule has 5 nitrogen and oxygen atoms in total. The molecule has 4 rings (SSSR count). The summed E-state index contributed by atoms with van der Waals surface area (Å²) >= 11 is 0. The summed E-state index contributed by atoms with van der Waals surface area (Å²) < 4.78 is 26.4. The third-order valence-corrected chi connectivity index (χ3v) is 7.88. The van der Waals surface area contributed by atoms with Crippen LogP contribution in [0.25, 0.3) is 0 Å². The highest BCUT2D eigenvalue weighted by molar-refractivity contribution is 7.91. The van der Waals surface area contributed by atoms with E-state index in [0.717, 1.165) is 24.1 Å². The molecule has 2 aliphatic rings. The number of fused-ring (bicyclic) bond motifs is 1. The van der Waals surface area contributed by atoms with E-state index in [1.54, 1.807) is 6.07 Å². The van der Waals surface area contributed by atoms with Gasteiger partial charge in [0.05, 0.1) is 11.3 Å². The van der Waals surface area contributed by atoms with E-state index in [0.29, 0.717) is 18.4 Å². The van der Waals surface area contributed by atoms with Crippen LogP contribution in [0.4, 0.5) is 5.69 Å². The summed E-state index contributed by atoms with van der Waals surface area (Å²) in [4.78, 5) is 12.5. The van der Waals surface area contributed by atoms with Crippen LogP contribution >= 0.6 is 0 Å². The van der Waals surface area contributed by atoms with Crippen molar-refractivity contribution in [1.82, 2.24) is 4.72 Å². The zero-order chi connectivity index (χ0) is 20.8. The van der Waals surface area contributed by atoms with Crippen LogP contribution in [0.1, 0.15) is 73.1 Å². The molecule has 1 amide bonds. The number of carbonyl (C=O) groups is 1. The average molecular weight is 413 g/mol. The molecule has 0 spiro atoms. The maximum absolute atomic E-state index is 12.5. The first-order valence-electron chi connectivity index (χ1n) is 10.3. The molecule has 0 bridgehead atoms. The number of amides is 1. The molecule has 1 fully saturated rings. The Hall–Kier alpha value is -2.34. The van der Waals surface area contributed by atoms with Crippen molar-refractivity contribution in [2.24, 2.45) is 0 Å². The van der Waals surface area contributed by atoms with Crippen LogP contribution in [0.2, 0.25) is 0 Å². The molecule has 0 radical (unpaired) electrons. The van der Waals surface area contributed by atoms with Gasteiger partial charge in [-0.15, -0.1) is 0 Å². The van der Waals surface area contributed by atoms with Crippen molar-refractivity contribution < 1.29 is 13.2 Å². The first kappa shape index (κ1) is 20.0. The topological polar surface area (TPSA) is 75.3 Å². The predicted molar refractivity (Wildman–Crippen MR) is 116 cm³/mol. The van der Waals surface area contributed by atoms with E-state index >= 15 is 0 Å². The first-order valence-corrected chi connectivity index (χ1v) is 11.8. The molecule has 1 saturated carbocycles. The van der Waals surface area contributed by atoms with Crippen molar-refractivity contribution in [3.05, 3.63) is 64.7 Å². The van der Waals surface area contributed by atoms with Gasteiger partial charge < -0.3 is 5.32 Å². The molecule has 154 valence electrons. The lowest BCUT2D eigenvalue weighted by atomic mass is 9.73. The van der Waals surface area contributed by atoms with Crippen LogP contribution in [0.5, 0.6) is 0 Å². The first-order chi connectivity index (χ1) is 13.7. The number of rotatable bonds is 5. The highest BCUT2D eigenvalue weighted by Crippen LogP contribution is 2.45. The fourth-order valence-electron chi connectivity index (χ4n) is 4.26. The predicted octanol–water partition coefficient (Wildman–Crippen LogP) is 4.31. The molecule has 29 heavy (non-hydrogen) atoms. The fourth-order valence-corrected chi connectivity index (χ4v) is 5.56. The SMILES string of the molecule is CCc1ccccc1C1CC(C)(C)c2cc(C(=O)NS(=O)(=O)C3CC3)ccc2N1. The molecule has 1 unspecified atom stereocenters. The third kappa shape index (κ3) is 3.90. The van der Waals surface area contributed by atoms with Gasteiger partial charge in [-0.2, -0.15) is 0 Å². The summed E-state index contributed by atoms with van der Waals surface area (Å²) in [5.41, 5.74) is 4.92. The van der Waals surface area contributed by atoms with Crippen molar-refractivity contribution >= 4 is 21.6 Å². The number of carbonyl (C=O) groups excluding carboxylic acids is 1. The standard InChI is InChI=1S/C23H28N2O3S/c1-4-15-7-5-6-8-18(15)21-14-23(2,3)19-13-16(9-12-20(19)24-21)22(26)25-29(27,28)17-10-11-17/h5-9,12-13,17,21,24H,4,10-11,14H2,1-3H3,(H,25,26). The van der Waals surface area contributed by atoms with Gasteiger partial charge in [-0.25, -0.2) is 13.1 Å². The second kappa shape index (κ2) is 7.17. The van der Waals surface area contributed by atoms with Crippen molar-refractivity contribution in [2.75, 3.05) is 5.32 Å². The van der Waals surface area contributed by atoms with Gasteiger partial charge in [-0.3, -0.25) is 4.79 Å². The van der Waals surface area contributed by atoms with Crippen LogP contribution in [0.3, 0.4) is 0 Å². The quantitative estimate of drug-likeness (QED) is 0.768. The van der Waals surface area contributed by atoms with Crippen molar-refractivity contribution in [3.63, 3.8) is 0 Å².